The van der Waals surface area contributed by atoms with Crippen LogP contribution in [0.25, 0.3) is 0 Å². The van der Waals surface area contributed by atoms with Gasteiger partial charge in [0.05, 0.1) is 11.4 Å². The molecule has 0 aliphatic carbocycles. The number of rotatable bonds is 10. The molecule has 0 radical (unpaired) electrons. The summed E-state index contributed by atoms with van der Waals surface area (Å²) in [4.78, 5) is 0. The van der Waals surface area contributed by atoms with Gasteiger partial charge in [-0.1, -0.05) is 38.0 Å². The lowest BCUT2D eigenvalue weighted by molar-refractivity contribution is 0.297. The van der Waals surface area contributed by atoms with E-state index in [1.54, 1.807) is 0 Å². The Bertz CT molecular complexity index is 322. The summed E-state index contributed by atoms with van der Waals surface area (Å²) in [5.41, 5.74) is 1.55. The SMILES string of the molecule is CC/C(=N\O)C(C)NCC(C)(C)CNC(C)/C(CC)=N/O. The van der Waals surface area contributed by atoms with E-state index in [2.05, 4.69) is 34.8 Å². The quantitative estimate of drug-likeness (QED) is 0.283. The summed E-state index contributed by atoms with van der Waals surface area (Å²) in [5.74, 6) is 0. The molecule has 21 heavy (non-hydrogen) atoms. The van der Waals surface area contributed by atoms with Gasteiger partial charge in [0.25, 0.3) is 0 Å². The fourth-order valence-electron chi connectivity index (χ4n) is 2.08. The van der Waals surface area contributed by atoms with Crippen LogP contribution in [0.15, 0.2) is 10.3 Å². The second-order valence-electron chi connectivity index (χ2n) is 6.26. The van der Waals surface area contributed by atoms with Crippen LogP contribution in [0.4, 0.5) is 0 Å². The summed E-state index contributed by atoms with van der Waals surface area (Å²) in [6.45, 7) is 13.9. The first-order chi connectivity index (χ1) is 9.81. The Morgan fingerprint density at radius 2 is 1.24 bits per heavy atom. The lowest BCUT2D eigenvalue weighted by Gasteiger charge is -2.29. The number of hydrogen-bond acceptors (Lipinski definition) is 6. The van der Waals surface area contributed by atoms with E-state index < -0.39 is 0 Å². The van der Waals surface area contributed by atoms with Crippen molar-refractivity contribution in [1.29, 1.82) is 0 Å². The van der Waals surface area contributed by atoms with Crippen LogP contribution in [0.1, 0.15) is 54.4 Å². The predicted octanol–water partition coefficient (Wildman–Crippen LogP) is 2.45. The van der Waals surface area contributed by atoms with Crippen molar-refractivity contribution in [3.8, 4) is 0 Å². The summed E-state index contributed by atoms with van der Waals surface area (Å²) >= 11 is 0. The van der Waals surface area contributed by atoms with E-state index in [0.717, 1.165) is 37.4 Å². The van der Waals surface area contributed by atoms with E-state index in [1.807, 2.05) is 27.7 Å². The maximum Gasteiger partial charge on any atom is 0.0734 e. The fourth-order valence-corrected chi connectivity index (χ4v) is 2.08. The van der Waals surface area contributed by atoms with Crippen molar-refractivity contribution in [2.45, 2.75) is 66.5 Å². The average Bonchev–Trinajstić information content (AvgIpc) is 2.46. The summed E-state index contributed by atoms with van der Waals surface area (Å²) in [7, 11) is 0. The lowest BCUT2D eigenvalue weighted by atomic mass is 9.92. The number of nitrogens with zero attached hydrogens (tertiary/aromatic N) is 2. The van der Waals surface area contributed by atoms with Crippen molar-refractivity contribution in [3.05, 3.63) is 0 Å². The lowest BCUT2D eigenvalue weighted by Crippen LogP contribution is -2.46. The minimum absolute atomic E-state index is 0.0329. The van der Waals surface area contributed by atoms with Crippen molar-refractivity contribution < 1.29 is 10.4 Å². The van der Waals surface area contributed by atoms with Gasteiger partial charge in [0.1, 0.15) is 0 Å². The van der Waals surface area contributed by atoms with Gasteiger partial charge in [0.2, 0.25) is 0 Å². The van der Waals surface area contributed by atoms with E-state index in [4.69, 9.17) is 10.4 Å². The van der Waals surface area contributed by atoms with Gasteiger partial charge in [-0.2, -0.15) is 0 Å². The maximum atomic E-state index is 8.92. The van der Waals surface area contributed by atoms with Crippen LogP contribution >= 0.6 is 0 Å². The molecule has 0 amide bonds. The molecular formula is C15H32N4O2. The zero-order chi connectivity index (χ0) is 16.5. The molecule has 0 heterocycles. The Morgan fingerprint density at radius 1 is 0.905 bits per heavy atom. The molecule has 0 spiro atoms. The first-order valence-corrected chi connectivity index (χ1v) is 7.69. The summed E-state index contributed by atoms with van der Waals surface area (Å²) in [5, 5.41) is 31.3. The minimum atomic E-state index is 0.0329. The standard InChI is InChI=1S/C15H32N4O2/c1-7-13(18-20)11(3)16-9-15(5,6)10-17-12(4)14(8-2)19-21/h11-12,16-17,20-21H,7-10H2,1-6H3/b18-13+,19-14+. The number of nitrogens with one attached hydrogen (secondary N) is 2. The Balaban J connectivity index is 4.32. The molecule has 4 N–H and O–H groups in total. The Labute approximate surface area is 128 Å². The van der Waals surface area contributed by atoms with E-state index in [1.165, 1.54) is 0 Å². The molecule has 6 heteroatoms. The molecule has 0 aromatic rings. The van der Waals surface area contributed by atoms with Gasteiger partial charge in [0.15, 0.2) is 0 Å². The monoisotopic (exact) mass is 300 g/mol. The Morgan fingerprint density at radius 3 is 1.48 bits per heavy atom. The maximum absolute atomic E-state index is 8.92. The Kier molecular flexibility index (Phi) is 9.21. The van der Waals surface area contributed by atoms with Gasteiger partial charge in [-0.25, -0.2) is 0 Å². The summed E-state index contributed by atoms with van der Waals surface area (Å²) in [6.07, 6.45) is 1.46. The molecule has 6 nitrogen and oxygen atoms in total. The highest BCUT2D eigenvalue weighted by Crippen LogP contribution is 2.13. The van der Waals surface area contributed by atoms with E-state index in [0.29, 0.717) is 0 Å². The van der Waals surface area contributed by atoms with Gasteiger partial charge >= 0.3 is 0 Å². The van der Waals surface area contributed by atoms with E-state index in [-0.39, 0.29) is 17.5 Å². The van der Waals surface area contributed by atoms with Crippen molar-refractivity contribution in [2.75, 3.05) is 13.1 Å². The number of oxime groups is 2. The Hall–Kier alpha value is -1.14. The van der Waals surface area contributed by atoms with E-state index >= 15 is 0 Å². The van der Waals surface area contributed by atoms with E-state index in [9.17, 15) is 0 Å². The highest BCUT2D eigenvalue weighted by molar-refractivity contribution is 5.88. The van der Waals surface area contributed by atoms with Crippen LogP contribution in [0, 0.1) is 5.41 Å². The molecule has 2 unspecified atom stereocenters. The molecule has 0 bridgehead atoms. The van der Waals surface area contributed by atoms with Gasteiger partial charge < -0.3 is 21.0 Å². The van der Waals surface area contributed by atoms with Gasteiger partial charge in [-0.05, 0) is 32.1 Å². The molecule has 0 aliphatic heterocycles. The van der Waals surface area contributed by atoms with Gasteiger partial charge in [-0.3, -0.25) is 0 Å². The van der Waals surface area contributed by atoms with Crippen LogP contribution in [0.2, 0.25) is 0 Å². The topological polar surface area (TPSA) is 89.2 Å². The van der Waals surface area contributed by atoms with Gasteiger partial charge in [0, 0.05) is 25.2 Å². The fraction of sp³-hybridized carbons (Fsp3) is 0.867. The molecule has 0 fully saturated rings. The molecule has 2 atom stereocenters. The van der Waals surface area contributed by atoms with Crippen molar-refractivity contribution in [3.63, 3.8) is 0 Å². The summed E-state index contributed by atoms with van der Waals surface area (Å²) < 4.78 is 0. The second kappa shape index (κ2) is 9.73. The first-order valence-electron chi connectivity index (χ1n) is 7.69. The van der Waals surface area contributed by atoms with Crippen LogP contribution in [0.5, 0.6) is 0 Å². The summed E-state index contributed by atoms with van der Waals surface area (Å²) in [6, 6.07) is 0.115. The number of hydrogen-bond donors (Lipinski definition) is 4. The van der Waals surface area contributed by atoms with Gasteiger partial charge in [-0.15, -0.1) is 0 Å². The first kappa shape index (κ1) is 19.9. The average molecular weight is 300 g/mol. The highest BCUT2D eigenvalue weighted by Gasteiger charge is 2.21. The molecule has 0 aromatic heterocycles. The zero-order valence-electron chi connectivity index (χ0n) is 14.3. The van der Waals surface area contributed by atoms with Crippen molar-refractivity contribution in [2.24, 2.45) is 15.7 Å². The normalized spacial score (nSPS) is 16.9. The molecule has 0 aliphatic rings. The zero-order valence-corrected chi connectivity index (χ0v) is 14.3. The molecular weight excluding hydrogens is 268 g/mol. The van der Waals surface area contributed by atoms with Crippen molar-refractivity contribution >= 4 is 11.4 Å². The highest BCUT2D eigenvalue weighted by atomic mass is 16.4. The third-order valence-electron chi connectivity index (χ3n) is 3.75. The van der Waals surface area contributed by atoms with Crippen molar-refractivity contribution in [1.82, 2.24) is 10.6 Å². The van der Waals surface area contributed by atoms with Crippen LogP contribution in [0.3, 0.4) is 0 Å². The predicted molar refractivity (Wildman–Crippen MR) is 87.7 cm³/mol. The molecule has 0 aromatic carbocycles. The van der Waals surface area contributed by atoms with Crippen LogP contribution < -0.4 is 10.6 Å². The third-order valence-corrected chi connectivity index (χ3v) is 3.75. The largest absolute Gasteiger partial charge is 0.411 e. The molecule has 0 saturated heterocycles. The van der Waals surface area contributed by atoms with Crippen LogP contribution in [-0.2, 0) is 0 Å². The minimum Gasteiger partial charge on any atom is -0.411 e. The smallest absolute Gasteiger partial charge is 0.0734 e. The molecule has 124 valence electrons. The third kappa shape index (κ3) is 7.43. The molecule has 0 rings (SSSR count). The molecule has 0 saturated carbocycles. The van der Waals surface area contributed by atoms with Crippen LogP contribution in [-0.4, -0.2) is 47.0 Å². The second-order valence-corrected chi connectivity index (χ2v) is 6.26.